The number of hydrogen-bond acceptors (Lipinski definition) is 3. The van der Waals surface area contributed by atoms with Crippen molar-refractivity contribution in [2.24, 2.45) is 0 Å². The van der Waals surface area contributed by atoms with Gasteiger partial charge in [0.05, 0.1) is 11.1 Å². The minimum absolute atomic E-state index is 0.636. The molecule has 35 heavy (non-hydrogen) atoms. The van der Waals surface area contributed by atoms with Crippen LogP contribution in [-0.4, -0.2) is 24.3 Å². The van der Waals surface area contributed by atoms with Gasteiger partial charge in [-0.2, -0.15) is 5.10 Å². The fourth-order valence-corrected chi connectivity index (χ4v) is 4.73. The number of hydrogen-bond donors (Lipinski definition) is 0. The lowest BCUT2D eigenvalue weighted by atomic mass is 9.68. The van der Waals surface area contributed by atoms with Crippen molar-refractivity contribution >= 4 is 0 Å². The Morgan fingerprint density at radius 3 is 1.71 bits per heavy atom. The molecule has 0 aliphatic carbocycles. The molecule has 0 saturated heterocycles. The number of benzene rings is 2. The van der Waals surface area contributed by atoms with Gasteiger partial charge in [0.2, 0.25) is 0 Å². The van der Waals surface area contributed by atoms with Gasteiger partial charge in [-0.1, -0.05) is 72.8 Å². The third kappa shape index (κ3) is 3.63. The molecule has 0 saturated carbocycles. The lowest BCUT2D eigenvalue weighted by molar-refractivity contribution is 0.686. The number of nitrogens with zero attached hydrogens (tertiary/aromatic N) is 5. The SMILES string of the molecule is c1ccc(C(c2ccccc2)(c2ccn(-c3ccccn3)c2)c2ccn(-c3ccccn3)n2)cc1. The fourth-order valence-electron chi connectivity index (χ4n) is 4.73. The lowest BCUT2D eigenvalue weighted by Gasteiger charge is -2.33. The Morgan fingerprint density at radius 1 is 0.514 bits per heavy atom. The van der Waals surface area contributed by atoms with Crippen molar-refractivity contribution in [3.8, 4) is 11.6 Å². The summed E-state index contributed by atoms with van der Waals surface area (Å²) >= 11 is 0. The minimum atomic E-state index is -0.636. The van der Waals surface area contributed by atoms with Gasteiger partial charge in [-0.3, -0.25) is 0 Å². The van der Waals surface area contributed by atoms with Crippen LogP contribution < -0.4 is 0 Å². The third-order valence-corrected chi connectivity index (χ3v) is 6.31. The summed E-state index contributed by atoms with van der Waals surface area (Å²) in [6, 6.07) is 37.1. The first-order valence-electron chi connectivity index (χ1n) is 11.5. The van der Waals surface area contributed by atoms with Crippen LogP contribution in [0.25, 0.3) is 11.6 Å². The summed E-state index contributed by atoms with van der Waals surface area (Å²) in [5, 5.41) is 5.09. The number of pyridine rings is 2. The van der Waals surface area contributed by atoms with E-state index in [1.165, 1.54) is 0 Å². The summed E-state index contributed by atoms with van der Waals surface area (Å²) in [5.41, 5.74) is 3.65. The Bertz CT molecular complexity index is 1400. The summed E-state index contributed by atoms with van der Waals surface area (Å²) in [6.07, 6.45) is 9.79. The van der Waals surface area contributed by atoms with Gasteiger partial charge in [0.15, 0.2) is 5.82 Å². The third-order valence-electron chi connectivity index (χ3n) is 6.31. The highest BCUT2D eigenvalue weighted by atomic mass is 15.3. The molecule has 4 aromatic heterocycles. The van der Waals surface area contributed by atoms with Crippen molar-refractivity contribution in [3.63, 3.8) is 0 Å². The highest BCUT2D eigenvalue weighted by molar-refractivity contribution is 5.58. The van der Waals surface area contributed by atoms with E-state index in [-0.39, 0.29) is 0 Å². The molecule has 0 fully saturated rings. The molecule has 0 amide bonds. The second kappa shape index (κ2) is 8.88. The van der Waals surface area contributed by atoms with E-state index < -0.39 is 5.41 Å². The van der Waals surface area contributed by atoms with Gasteiger partial charge >= 0.3 is 0 Å². The Balaban J connectivity index is 1.62. The molecule has 6 rings (SSSR count). The highest BCUT2D eigenvalue weighted by Gasteiger charge is 2.41. The molecule has 0 spiro atoms. The van der Waals surface area contributed by atoms with E-state index in [1.807, 2.05) is 65.6 Å². The van der Waals surface area contributed by atoms with Gasteiger partial charge in [-0.25, -0.2) is 14.6 Å². The van der Waals surface area contributed by atoms with E-state index >= 15 is 0 Å². The van der Waals surface area contributed by atoms with Crippen LogP contribution in [0.15, 0.2) is 140 Å². The molecule has 0 radical (unpaired) electrons. The van der Waals surface area contributed by atoms with Crippen LogP contribution in [0, 0.1) is 0 Å². The molecular weight excluding hydrogens is 430 g/mol. The molecule has 0 atom stereocenters. The average molecular weight is 454 g/mol. The maximum Gasteiger partial charge on any atom is 0.153 e. The second-order valence-corrected chi connectivity index (χ2v) is 8.31. The molecular formula is C30H23N5. The Kier molecular flexibility index (Phi) is 5.28. The maximum atomic E-state index is 5.09. The van der Waals surface area contributed by atoms with Gasteiger partial charge in [-0.05, 0) is 53.1 Å². The first-order chi connectivity index (χ1) is 17.4. The van der Waals surface area contributed by atoms with Crippen LogP contribution in [0.3, 0.4) is 0 Å². The van der Waals surface area contributed by atoms with Gasteiger partial charge in [-0.15, -0.1) is 0 Å². The van der Waals surface area contributed by atoms with Crippen LogP contribution in [-0.2, 0) is 5.41 Å². The number of aromatic nitrogens is 5. The molecule has 4 heterocycles. The van der Waals surface area contributed by atoms with Crippen LogP contribution in [0.2, 0.25) is 0 Å². The number of rotatable bonds is 6. The van der Waals surface area contributed by atoms with Crippen LogP contribution >= 0.6 is 0 Å². The lowest BCUT2D eigenvalue weighted by Crippen LogP contribution is -2.31. The molecule has 0 aliphatic heterocycles. The molecule has 0 aliphatic rings. The zero-order valence-corrected chi connectivity index (χ0v) is 19.0. The monoisotopic (exact) mass is 453 g/mol. The van der Waals surface area contributed by atoms with Gasteiger partial charge < -0.3 is 4.57 Å². The molecule has 5 heteroatoms. The zero-order chi connectivity index (χ0) is 23.5. The van der Waals surface area contributed by atoms with E-state index in [1.54, 1.807) is 6.20 Å². The van der Waals surface area contributed by atoms with Gasteiger partial charge in [0.1, 0.15) is 5.82 Å². The smallest absolute Gasteiger partial charge is 0.153 e. The molecule has 2 aromatic carbocycles. The molecule has 0 unspecified atom stereocenters. The van der Waals surface area contributed by atoms with E-state index in [0.29, 0.717) is 0 Å². The summed E-state index contributed by atoms with van der Waals surface area (Å²) in [4.78, 5) is 9.04. The summed E-state index contributed by atoms with van der Waals surface area (Å²) in [7, 11) is 0. The van der Waals surface area contributed by atoms with Crippen molar-refractivity contribution in [2.45, 2.75) is 5.41 Å². The molecule has 6 aromatic rings. The maximum absolute atomic E-state index is 5.09. The topological polar surface area (TPSA) is 48.5 Å². The van der Waals surface area contributed by atoms with Crippen molar-refractivity contribution in [1.29, 1.82) is 0 Å². The van der Waals surface area contributed by atoms with Gasteiger partial charge in [0, 0.05) is 31.0 Å². The minimum Gasteiger partial charge on any atom is -0.308 e. The molecule has 0 bridgehead atoms. The normalized spacial score (nSPS) is 11.4. The van der Waals surface area contributed by atoms with Gasteiger partial charge in [0.25, 0.3) is 0 Å². The van der Waals surface area contributed by atoms with Crippen LogP contribution in [0.5, 0.6) is 0 Å². The fraction of sp³-hybridized carbons (Fsp3) is 0.0333. The largest absolute Gasteiger partial charge is 0.308 e. The van der Waals surface area contributed by atoms with Crippen molar-refractivity contribution in [3.05, 3.63) is 163 Å². The predicted molar refractivity (Wildman–Crippen MR) is 137 cm³/mol. The first kappa shape index (κ1) is 20.8. The summed E-state index contributed by atoms with van der Waals surface area (Å²) in [5.74, 6) is 1.65. The zero-order valence-electron chi connectivity index (χ0n) is 19.0. The van der Waals surface area contributed by atoms with Crippen molar-refractivity contribution < 1.29 is 0 Å². The predicted octanol–water partition coefficient (Wildman–Crippen LogP) is 5.84. The first-order valence-corrected chi connectivity index (χ1v) is 11.5. The Labute approximate surface area is 204 Å². The summed E-state index contributed by atoms with van der Waals surface area (Å²) < 4.78 is 3.90. The van der Waals surface area contributed by atoms with Crippen molar-refractivity contribution in [2.75, 3.05) is 0 Å². The standard InChI is InChI=1S/C30H23N5/c1-3-11-24(12-4-1)30(25-13-5-2-6-14-25,26-17-21-34(23-26)28-15-7-9-19-31-28)27-18-22-35(33-27)29-16-8-10-20-32-29/h1-23H. The van der Waals surface area contributed by atoms with Crippen LogP contribution in [0.1, 0.15) is 22.4 Å². The van der Waals surface area contributed by atoms with E-state index in [9.17, 15) is 0 Å². The van der Waals surface area contributed by atoms with Crippen molar-refractivity contribution in [1.82, 2.24) is 24.3 Å². The second-order valence-electron chi connectivity index (χ2n) is 8.31. The Morgan fingerprint density at radius 2 is 1.11 bits per heavy atom. The molecule has 168 valence electrons. The quantitative estimate of drug-likeness (QED) is 0.319. The molecule has 5 nitrogen and oxygen atoms in total. The highest BCUT2D eigenvalue weighted by Crippen LogP contribution is 2.44. The van der Waals surface area contributed by atoms with Crippen LogP contribution in [0.4, 0.5) is 0 Å². The average Bonchev–Trinajstić information content (AvgIpc) is 3.63. The van der Waals surface area contributed by atoms with E-state index in [2.05, 4.69) is 87.6 Å². The van der Waals surface area contributed by atoms with E-state index in [4.69, 9.17) is 5.10 Å². The summed E-state index contributed by atoms with van der Waals surface area (Å²) in [6.45, 7) is 0. The Hall–Kier alpha value is -4.77. The molecule has 0 N–H and O–H groups in total. The van der Waals surface area contributed by atoms with E-state index in [0.717, 1.165) is 34.0 Å².